The number of hydrogen-bond acceptors (Lipinski definition) is 2. The zero-order valence-corrected chi connectivity index (χ0v) is 12.6. The first kappa shape index (κ1) is 15.1. The Bertz CT molecular complexity index is 440. The van der Waals surface area contributed by atoms with Crippen molar-refractivity contribution >= 4 is 23.2 Å². The third-order valence-corrected chi connectivity index (χ3v) is 4.91. The highest BCUT2D eigenvalue weighted by Gasteiger charge is 2.38. The van der Waals surface area contributed by atoms with Crippen LogP contribution in [0.2, 0.25) is 10.0 Å². The fourth-order valence-corrected chi connectivity index (χ4v) is 3.00. The SMILES string of the molecule is CC1CCC(O)(C(O)Cc2ccc(Cl)c(Cl)c2)CC1. The highest BCUT2D eigenvalue weighted by atomic mass is 35.5. The smallest absolute Gasteiger partial charge is 0.0908 e. The van der Waals surface area contributed by atoms with Gasteiger partial charge in [-0.3, -0.25) is 0 Å². The van der Waals surface area contributed by atoms with Crippen LogP contribution in [0.15, 0.2) is 18.2 Å². The Balaban J connectivity index is 2.03. The van der Waals surface area contributed by atoms with E-state index in [1.165, 1.54) is 0 Å². The molecule has 0 saturated heterocycles. The molecule has 1 unspecified atom stereocenters. The van der Waals surface area contributed by atoms with E-state index in [1.54, 1.807) is 12.1 Å². The van der Waals surface area contributed by atoms with Gasteiger partial charge in [-0.05, 0) is 49.3 Å². The second-order valence-electron chi connectivity index (χ2n) is 5.75. The van der Waals surface area contributed by atoms with Gasteiger partial charge in [0.1, 0.15) is 0 Å². The Morgan fingerprint density at radius 2 is 1.89 bits per heavy atom. The lowest BCUT2D eigenvalue weighted by molar-refractivity contribution is -0.102. The van der Waals surface area contributed by atoms with E-state index in [0.29, 0.717) is 35.2 Å². The zero-order valence-electron chi connectivity index (χ0n) is 11.1. The molecule has 1 aliphatic carbocycles. The number of aliphatic hydroxyl groups excluding tert-OH is 1. The van der Waals surface area contributed by atoms with Gasteiger partial charge in [-0.25, -0.2) is 0 Å². The van der Waals surface area contributed by atoms with Gasteiger partial charge in [0.25, 0.3) is 0 Å². The standard InChI is InChI=1S/C15H20Cl2O2/c1-10-4-6-15(19,7-5-10)14(18)9-11-2-3-12(16)13(17)8-11/h2-3,8,10,14,18-19H,4-7,9H2,1H3. The second kappa shape index (κ2) is 6.01. The van der Waals surface area contributed by atoms with Crippen LogP contribution in [0.25, 0.3) is 0 Å². The lowest BCUT2D eigenvalue weighted by Crippen LogP contribution is -2.46. The molecule has 1 atom stereocenters. The number of benzene rings is 1. The molecule has 0 radical (unpaired) electrons. The van der Waals surface area contributed by atoms with Crippen molar-refractivity contribution in [2.45, 2.75) is 50.7 Å². The Labute approximate surface area is 124 Å². The maximum absolute atomic E-state index is 10.5. The summed E-state index contributed by atoms with van der Waals surface area (Å²) in [5.74, 6) is 0.637. The van der Waals surface area contributed by atoms with E-state index in [2.05, 4.69) is 6.92 Å². The molecule has 2 rings (SSSR count). The summed E-state index contributed by atoms with van der Waals surface area (Å²) in [5.41, 5.74) is -0.0625. The molecule has 1 fully saturated rings. The van der Waals surface area contributed by atoms with Crippen molar-refractivity contribution in [3.05, 3.63) is 33.8 Å². The third kappa shape index (κ3) is 3.63. The minimum absolute atomic E-state index is 0.405. The van der Waals surface area contributed by atoms with Gasteiger partial charge in [0.05, 0.1) is 21.8 Å². The van der Waals surface area contributed by atoms with E-state index in [-0.39, 0.29) is 0 Å². The van der Waals surface area contributed by atoms with Crippen LogP contribution in [0.5, 0.6) is 0 Å². The van der Waals surface area contributed by atoms with Gasteiger partial charge in [-0.1, -0.05) is 36.2 Å². The molecule has 19 heavy (non-hydrogen) atoms. The molecule has 2 N–H and O–H groups in total. The van der Waals surface area contributed by atoms with Crippen LogP contribution >= 0.6 is 23.2 Å². The Morgan fingerprint density at radius 3 is 2.47 bits per heavy atom. The predicted octanol–water partition coefficient (Wildman–Crippen LogP) is 3.84. The molecule has 1 aliphatic rings. The molecule has 106 valence electrons. The first-order valence-electron chi connectivity index (χ1n) is 6.75. The molecule has 1 saturated carbocycles. The fraction of sp³-hybridized carbons (Fsp3) is 0.600. The first-order valence-corrected chi connectivity index (χ1v) is 7.51. The summed E-state index contributed by atoms with van der Waals surface area (Å²) in [6.07, 6.45) is 2.91. The molecule has 1 aromatic carbocycles. The van der Waals surface area contributed by atoms with Crippen molar-refractivity contribution in [2.24, 2.45) is 5.92 Å². The van der Waals surface area contributed by atoms with Crippen molar-refractivity contribution in [1.29, 1.82) is 0 Å². The van der Waals surface area contributed by atoms with Crippen LogP contribution in [0.4, 0.5) is 0 Å². The number of aliphatic hydroxyl groups is 2. The van der Waals surface area contributed by atoms with E-state index in [4.69, 9.17) is 23.2 Å². The molecule has 0 aliphatic heterocycles. The summed E-state index contributed by atoms with van der Waals surface area (Å²) in [5, 5.41) is 21.8. The van der Waals surface area contributed by atoms with Gasteiger partial charge < -0.3 is 10.2 Å². The third-order valence-electron chi connectivity index (χ3n) is 4.17. The Kier molecular flexibility index (Phi) is 4.78. The largest absolute Gasteiger partial charge is 0.390 e. The molecule has 0 heterocycles. The topological polar surface area (TPSA) is 40.5 Å². The van der Waals surface area contributed by atoms with Crippen molar-refractivity contribution in [2.75, 3.05) is 0 Å². The van der Waals surface area contributed by atoms with Crippen molar-refractivity contribution in [3.8, 4) is 0 Å². The van der Waals surface area contributed by atoms with Crippen LogP contribution in [-0.2, 0) is 6.42 Å². The van der Waals surface area contributed by atoms with Crippen LogP contribution in [0, 0.1) is 5.92 Å². The average molecular weight is 303 g/mol. The number of rotatable bonds is 3. The normalized spacial score (nSPS) is 29.2. The Morgan fingerprint density at radius 1 is 1.26 bits per heavy atom. The quantitative estimate of drug-likeness (QED) is 0.890. The van der Waals surface area contributed by atoms with E-state index < -0.39 is 11.7 Å². The molecule has 4 heteroatoms. The van der Waals surface area contributed by atoms with E-state index in [0.717, 1.165) is 18.4 Å². The van der Waals surface area contributed by atoms with Gasteiger partial charge in [0.2, 0.25) is 0 Å². The van der Waals surface area contributed by atoms with Crippen LogP contribution in [0.1, 0.15) is 38.2 Å². The van der Waals surface area contributed by atoms with Crippen LogP contribution in [-0.4, -0.2) is 21.9 Å². The maximum atomic E-state index is 10.5. The highest BCUT2D eigenvalue weighted by molar-refractivity contribution is 6.42. The number of halogens is 2. The van der Waals surface area contributed by atoms with E-state index >= 15 is 0 Å². The molecule has 0 amide bonds. The molecular formula is C15H20Cl2O2. The summed E-state index contributed by atoms with van der Waals surface area (Å²) in [4.78, 5) is 0. The van der Waals surface area contributed by atoms with Crippen LogP contribution in [0.3, 0.4) is 0 Å². The molecular weight excluding hydrogens is 283 g/mol. The van der Waals surface area contributed by atoms with Gasteiger partial charge in [-0.2, -0.15) is 0 Å². The lowest BCUT2D eigenvalue weighted by atomic mass is 9.75. The average Bonchev–Trinajstić information content (AvgIpc) is 2.37. The summed E-state index contributed by atoms with van der Waals surface area (Å²) >= 11 is 11.8. The molecule has 0 spiro atoms. The summed E-state index contributed by atoms with van der Waals surface area (Å²) < 4.78 is 0. The fourth-order valence-electron chi connectivity index (χ4n) is 2.68. The highest BCUT2D eigenvalue weighted by Crippen LogP contribution is 2.35. The molecule has 2 nitrogen and oxygen atoms in total. The Hall–Kier alpha value is -0.280. The molecule has 1 aromatic rings. The van der Waals surface area contributed by atoms with Gasteiger partial charge in [0, 0.05) is 6.42 Å². The summed E-state index contributed by atoms with van der Waals surface area (Å²) in [7, 11) is 0. The lowest BCUT2D eigenvalue weighted by Gasteiger charge is -2.38. The molecule has 0 aromatic heterocycles. The predicted molar refractivity (Wildman–Crippen MR) is 78.8 cm³/mol. The summed E-state index contributed by atoms with van der Waals surface area (Å²) in [6, 6.07) is 5.31. The van der Waals surface area contributed by atoms with Crippen molar-refractivity contribution < 1.29 is 10.2 Å². The van der Waals surface area contributed by atoms with Crippen LogP contribution < -0.4 is 0 Å². The van der Waals surface area contributed by atoms with E-state index in [9.17, 15) is 10.2 Å². The number of hydrogen-bond donors (Lipinski definition) is 2. The van der Waals surface area contributed by atoms with Crippen molar-refractivity contribution in [1.82, 2.24) is 0 Å². The van der Waals surface area contributed by atoms with Gasteiger partial charge in [-0.15, -0.1) is 0 Å². The summed E-state index contributed by atoms with van der Waals surface area (Å²) in [6.45, 7) is 2.19. The monoisotopic (exact) mass is 302 g/mol. The molecule has 0 bridgehead atoms. The van der Waals surface area contributed by atoms with Gasteiger partial charge in [0.15, 0.2) is 0 Å². The minimum Gasteiger partial charge on any atom is -0.390 e. The van der Waals surface area contributed by atoms with E-state index in [1.807, 2.05) is 6.07 Å². The second-order valence-corrected chi connectivity index (χ2v) is 6.57. The van der Waals surface area contributed by atoms with Gasteiger partial charge >= 0.3 is 0 Å². The minimum atomic E-state index is -0.960. The zero-order chi connectivity index (χ0) is 14.0. The van der Waals surface area contributed by atoms with Crippen molar-refractivity contribution in [3.63, 3.8) is 0 Å². The maximum Gasteiger partial charge on any atom is 0.0908 e. The first-order chi connectivity index (χ1) is 8.90.